The molecule has 0 fully saturated rings. The Labute approximate surface area is 125 Å². The van der Waals surface area contributed by atoms with E-state index in [0.29, 0.717) is 15.7 Å². The van der Waals surface area contributed by atoms with E-state index >= 15 is 0 Å². The van der Waals surface area contributed by atoms with E-state index in [0.717, 1.165) is 16.6 Å². The van der Waals surface area contributed by atoms with Crippen LogP contribution in [0.2, 0.25) is 0 Å². The summed E-state index contributed by atoms with van der Waals surface area (Å²) in [6.45, 7) is -0.0691. The van der Waals surface area contributed by atoms with Crippen molar-refractivity contribution in [1.82, 2.24) is 14.5 Å². The van der Waals surface area contributed by atoms with Crippen molar-refractivity contribution in [3.63, 3.8) is 0 Å². The quantitative estimate of drug-likeness (QED) is 0.803. The Morgan fingerprint density at radius 3 is 2.90 bits per heavy atom. The van der Waals surface area contributed by atoms with Gasteiger partial charge in [-0.1, -0.05) is 18.2 Å². The van der Waals surface area contributed by atoms with Gasteiger partial charge in [0.1, 0.15) is 11.1 Å². The Hall–Kier alpha value is -2.36. The van der Waals surface area contributed by atoms with Crippen molar-refractivity contribution in [2.45, 2.75) is 16.8 Å². The number of fused-ring (bicyclic) bond motifs is 1. The molecule has 104 valence electrons. The molecule has 0 aliphatic carbocycles. The molecule has 3 aromatic rings. The van der Waals surface area contributed by atoms with Crippen LogP contribution >= 0.6 is 11.8 Å². The summed E-state index contributed by atoms with van der Waals surface area (Å²) >= 11 is 1.32. The molecule has 1 N–H and O–H groups in total. The third-order valence-corrected chi connectivity index (χ3v) is 4.27. The molecule has 0 saturated heterocycles. The molecule has 6 heteroatoms. The van der Waals surface area contributed by atoms with Gasteiger partial charge in [0.05, 0.1) is 29.6 Å². The van der Waals surface area contributed by atoms with Crippen LogP contribution < -0.4 is 0 Å². The minimum Gasteiger partial charge on any atom is -0.390 e. The van der Waals surface area contributed by atoms with Crippen molar-refractivity contribution in [2.24, 2.45) is 7.05 Å². The lowest BCUT2D eigenvalue weighted by molar-refractivity contribution is 0.271. The maximum atomic E-state index is 9.31. The highest BCUT2D eigenvalue weighted by molar-refractivity contribution is 7.99. The van der Waals surface area contributed by atoms with E-state index in [-0.39, 0.29) is 6.61 Å². The van der Waals surface area contributed by atoms with Crippen LogP contribution in [-0.2, 0) is 13.7 Å². The predicted molar refractivity (Wildman–Crippen MR) is 79.7 cm³/mol. The third kappa shape index (κ3) is 2.49. The van der Waals surface area contributed by atoms with Crippen LogP contribution in [-0.4, -0.2) is 19.6 Å². The Morgan fingerprint density at radius 2 is 2.19 bits per heavy atom. The number of benzene rings is 1. The van der Waals surface area contributed by atoms with E-state index in [1.165, 1.54) is 11.8 Å². The van der Waals surface area contributed by atoms with Crippen LogP contribution in [0.25, 0.3) is 10.9 Å². The van der Waals surface area contributed by atoms with Crippen LogP contribution in [0.15, 0.2) is 46.7 Å². The molecule has 0 atom stereocenters. The number of hydrogen-bond acceptors (Lipinski definition) is 5. The van der Waals surface area contributed by atoms with Gasteiger partial charge in [-0.3, -0.25) is 0 Å². The molecule has 5 nitrogen and oxygen atoms in total. The molecular weight excluding hydrogens is 284 g/mol. The minimum absolute atomic E-state index is 0.0691. The monoisotopic (exact) mass is 296 g/mol. The highest BCUT2D eigenvalue weighted by atomic mass is 32.2. The zero-order chi connectivity index (χ0) is 14.8. The molecule has 2 heterocycles. The second-order valence-electron chi connectivity index (χ2n) is 4.50. The lowest BCUT2D eigenvalue weighted by Crippen LogP contribution is -1.98. The molecule has 1 aromatic carbocycles. The summed E-state index contributed by atoms with van der Waals surface area (Å²) in [4.78, 5) is 8.80. The number of nitrogens with zero attached hydrogens (tertiary/aromatic N) is 4. The van der Waals surface area contributed by atoms with Crippen LogP contribution in [0.3, 0.4) is 0 Å². The average molecular weight is 296 g/mol. The number of imidazole rings is 1. The first-order chi connectivity index (χ1) is 10.2. The normalized spacial score (nSPS) is 10.7. The number of rotatable bonds is 3. The molecule has 0 bridgehead atoms. The van der Waals surface area contributed by atoms with Gasteiger partial charge in [0.25, 0.3) is 0 Å². The molecule has 0 unspecified atom stereocenters. The maximum absolute atomic E-state index is 9.31. The van der Waals surface area contributed by atoms with Gasteiger partial charge in [-0.15, -0.1) is 0 Å². The molecule has 0 aliphatic rings. The van der Waals surface area contributed by atoms with Gasteiger partial charge < -0.3 is 9.67 Å². The average Bonchev–Trinajstić information content (AvgIpc) is 2.87. The molecule has 0 spiro atoms. The fraction of sp³-hybridized carbons (Fsp3) is 0.133. The number of aliphatic hydroxyl groups excluding tert-OH is 1. The first-order valence-corrected chi connectivity index (χ1v) is 7.13. The van der Waals surface area contributed by atoms with Crippen molar-refractivity contribution in [3.05, 3.63) is 47.8 Å². The molecule has 3 rings (SSSR count). The predicted octanol–water partition coefficient (Wildman–Crippen LogP) is 2.48. The summed E-state index contributed by atoms with van der Waals surface area (Å²) in [5.74, 6) is 0. The summed E-state index contributed by atoms with van der Waals surface area (Å²) in [7, 11) is 1.83. The van der Waals surface area contributed by atoms with Gasteiger partial charge in [-0.2, -0.15) is 5.26 Å². The molecule has 0 saturated carbocycles. The number of aromatic nitrogens is 3. The van der Waals surface area contributed by atoms with Crippen LogP contribution in [0.5, 0.6) is 0 Å². The Bertz CT molecular complexity index is 850. The summed E-state index contributed by atoms with van der Waals surface area (Å²) in [5, 5.41) is 20.8. The fourth-order valence-corrected chi connectivity index (χ4v) is 2.90. The maximum Gasteiger partial charge on any atom is 0.174 e. The summed E-state index contributed by atoms with van der Waals surface area (Å²) < 4.78 is 1.79. The topological polar surface area (TPSA) is 74.7 Å². The van der Waals surface area contributed by atoms with Gasteiger partial charge in [0, 0.05) is 12.4 Å². The van der Waals surface area contributed by atoms with Gasteiger partial charge in [-0.25, -0.2) is 9.97 Å². The summed E-state index contributed by atoms with van der Waals surface area (Å²) in [6.07, 6.45) is 1.62. The molecule has 2 aromatic heterocycles. The Kier molecular flexibility index (Phi) is 3.60. The zero-order valence-corrected chi connectivity index (χ0v) is 12.1. The number of pyridine rings is 1. The van der Waals surface area contributed by atoms with Crippen molar-refractivity contribution in [2.75, 3.05) is 0 Å². The zero-order valence-electron chi connectivity index (χ0n) is 11.3. The Morgan fingerprint density at radius 1 is 1.38 bits per heavy atom. The van der Waals surface area contributed by atoms with E-state index in [9.17, 15) is 10.4 Å². The van der Waals surface area contributed by atoms with Crippen LogP contribution in [0, 0.1) is 11.3 Å². The first kappa shape index (κ1) is 13.6. The van der Waals surface area contributed by atoms with E-state index in [1.54, 1.807) is 10.8 Å². The van der Waals surface area contributed by atoms with Crippen LogP contribution in [0.4, 0.5) is 0 Å². The SMILES string of the molecule is Cn1c(CO)cnc1Sc1nc2ccccc2cc1C#N. The summed E-state index contributed by atoms with van der Waals surface area (Å²) in [6, 6.07) is 11.7. The van der Waals surface area contributed by atoms with Crippen molar-refractivity contribution < 1.29 is 5.11 Å². The third-order valence-electron chi connectivity index (χ3n) is 3.20. The van der Waals surface area contributed by atoms with Gasteiger partial charge >= 0.3 is 0 Å². The van der Waals surface area contributed by atoms with E-state index in [1.807, 2.05) is 37.4 Å². The molecule has 0 aliphatic heterocycles. The van der Waals surface area contributed by atoms with Gasteiger partial charge in [-0.05, 0) is 23.9 Å². The van der Waals surface area contributed by atoms with Crippen molar-refractivity contribution >= 4 is 22.7 Å². The second kappa shape index (κ2) is 5.56. The lowest BCUT2D eigenvalue weighted by Gasteiger charge is -2.06. The minimum atomic E-state index is -0.0691. The second-order valence-corrected chi connectivity index (χ2v) is 5.45. The van der Waals surface area contributed by atoms with Crippen LogP contribution in [0.1, 0.15) is 11.3 Å². The largest absolute Gasteiger partial charge is 0.390 e. The highest BCUT2D eigenvalue weighted by Gasteiger charge is 2.13. The molecule has 0 amide bonds. The van der Waals surface area contributed by atoms with Crippen molar-refractivity contribution in [3.8, 4) is 6.07 Å². The smallest absolute Gasteiger partial charge is 0.174 e. The molecular formula is C15H12N4OS. The lowest BCUT2D eigenvalue weighted by atomic mass is 10.2. The molecule has 0 radical (unpaired) electrons. The standard InChI is InChI=1S/C15H12N4OS/c1-19-12(9-20)8-17-15(19)21-14-11(7-16)6-10-4-2-3-5-13(10)18-14/h2-6,8,20H,9H2,1H3. The molecule has 21 heavy (non-hydrogen) atoms. The first-order valence-electron chi connectivity index (χ1n) is 6.32. The van der Waals surface area contributed by atoms with E-state index < -0.39 is 0 Å². The Balaban J connectivity index is 2.07. The van der Waals surface area contributed by atoms with Gasteiger partial charge in [0.2, 0.25) is 0 Å². The summed E-state index contributed by atoms with van der Waals surface area (Å²) in [5.41, 5.74) is 2.08. The van der Waals surface area contributed by atoms with Crippen molar-refractivity contribution in [1.29, 1.82) is 5.26 Å². The van der Waals surface area contributed by atoms with Gasteiger partial charge in [0.15, 0.2) is 5.16 Å². The number of hydrogen-bond donors (Lipinski definition) is 1. The number of nitriles is 1. The number of para-hydroxylation sites is 1. The fourth-order valence-electron chi connectivity index (χ4n) is 2.01. The van der Waals surface area contributed by atoms with E-state index in [4.69, 9.17) is 0 Å². The number of aliphatic hydroxyl groups is 1. The van der Waals surface area contributed by atoms with E-state index in [2.05, 4.69) is 16.0 Å². The highest BCUT2D eigenvalue weighted by Crippen LogP contribution is 2.30.